The third-order valence-corrected chi connectivity index (χ3v) is 3.07. The molecule has 1 aliphatic rings. The highest BCUT2D eigenvalue weighted by Gasteiger charge is 2.25. The fourth-order valence-corrected chi connectivity index (χ4v) is 2.05. The van der Waals surface area contributed by atoms with Crippen molar-refractivity contribution >= 4 is 0 Å². The summed E-state index contributed by atoms with van der Waals surface area (Å²) in [7, 11) is 0. The minimum Gasteiger partial charge on any atom is -0.379 e. The van der Waals surface area contributed by atoms with Gasteiger partial charge in [-0.05, 0) is 19.3 Å². The molecular formula is C13H23NO2. The van der Waals surface area contributed by atoms with Crippen LogP contribution in [-0.2, 0) is 9.47 Å². The summed E-state index contributed by atoms with van der Waals surface area (Å²) < 4.78 is 11.1. The van der Waals surface area contributed by atoms with Crippen LogP contribution in [0.4, 0.5) is 0 Å². The summed E-state index contributed by atoms with van der Waals surface area (Å²) in [6.07, 6.45) is 6.83. The maximum Gasteiger partial charge on any atom is 0.0734 e. The van der Waals surface area contributed by atoms with E-state index in [9.17, 15) is 0 Å². The molecule has 92 valence electrons. The van der Waals surface area contributed by atoms with Gasteiger partial charge < -0.3 is 9.47 Å². The molecule has 16 heavy (non-hydrogen) atoms. The zero-order chi connectivity index (χ0) is 11.6. The van der Waals surface area contributed by atoms with Gasteiger partial charge in [0.1, 0.15) is 0 Å². The molecule has 0 bridgehead atoms. The molecule has 3 heteroatoms. The SMILES string of the molecule is CCCCOCCOC1CCCCC1C#N. The Balaban J connectivity index is 2.04. The van der Waals surface area contributed by atoms with Crippen LogP contribution < -0.4 is 0 Å². The topological polar surface area (TPSA) is 42.2 Å². The van der Waals surface area contributed by atoms with E-state index in [1.54, 1.807) is 0 Å². The van der Waals surface area contributed by atoms with Crippen molar-refractivity contribution in [2.45, 2.75) is 51.6 Å². The average molecular weight is 225 g/mol. The van der Waals surface area contributed by atoms with E-state index in [4.69, 9.17) is 14.7 Å². The molecule has 1 fully saturated rings. The van der Waals surface area contributed by atoms with E-state index in [0.29, 0.717) is 13.2 Å². The molecule has 0 spiro atoms. The van der Waals surface area contributed by atoms with Crippen molar-refractivity contribution in [2.24, 2.45) is 5.92 Å². The average Bonchev–Trinajstić information content (AvgIpc) is 2.34. The van der Waals surface area contributed by atoms with Gasteiger partial charge in [-0.15, -0.1) is 0 Å². The second-order valence-corrected chi connectivity index (χ2v) is 4.40. The molecule has 0 aromatic heterocycles. The van der Waals surface area contributed by atoms with E-state index >= 15 is 0 Å². The highest BCUT2D eigenvalue weighted by atomic mass is 16.5. The van der Waals surface area contributed by atoms with Gasteiger partial charge in [0.25, 0.3) is 0 Å². The summed E-state index contributed by atoms with van der Waals surface area (Å²) in [5, 5.41) is 8.97. The zero-order valence-electron chi connectivity index (χ0n) is 10.3. The largest absolute Gasteiger partial charge is 0.379 e. The van der Waals surface area contributed by atoms with E-state index < -0.39 is 0 Å². The molecule has 1 aliphatic carbocycles. The Morgan fingerprint density at radius 2 is 2.00 bits per heavy atom. The Bertz CT molecular complexity index is 212. The lowest BCUT2D eigenvalue weighted by Gasteiger charge is -2.26. The molecule has 1 rings (SSSR count). The van der Waals surface area contributed by atoms with Crippen LogP contribution in [0.1, 0.15) is 45.4 Å². The van der Waals surface area contributed by atoms with Crippen LogP contribution in [0.3, 0.4) is 0 Å². The summed E-state index contributed by atoms with van der Waals surface area (Å²) in [5.74, 6) is 0.101. The van der Waals surface area contributed by atoms with Gasteiger partial charge in [0, 0.05) is 6.61 Å². The third kappa shape index (κ3) is 4.96. The van der Waals surface area contributed by atoms with E-state index in [0.717, 1.165) is 25.9 Å². The van der Waals surface area contributed by atoms with Crippen LogP contribution in [0, 0.1) is 17.2 Å². The maximum atomic E-state index is 8.97. The Kier molecular flexibility index (Phi) is 7.20. The first-order valence-corrected chi connectivity index (χ1v) is 6.47. The number of nitriles is 1. The van der Waals surface area contributed by atoms with Gasteiger partial charge in [-0.2, -0.15) is 5.26 Å². The zero-order valence-corrected chi connectivity index (χ0v) is 10.3. The van der Waals surface area contributed by atoms with Gasteiger partial charge in [-0.25, -0.2) is 0 Å². The predicted molar refractivity (Wildman–Crippen MR) is 63.0 cm³/mol. The smallest absolute Gasteiger partial charge is 0.0734 e. The van der Waals surface area contributed by atoms with Crippen molar-refractivity contribution in [3.05, 3.63) is 0 Å². The Morgan fingerprint density at radius 3 is 2.75 bits per heavy atom. The van der Waals surface area contributed by atoms with Gasteiger partial charge in [-0.1, -0.05) is 26.2 Å². The molecular weight excluding hydrogens is 202 g/mol. The fourth-order valence-electron chi connectivity index (χ4n) is 2.05. The molecule has 1 saturated carbocycles. The van der Waals surface area contributed by atoms with Crippen molar-refractivity contribution in [1.82, 2.24) is 0 Å². The van der Waals surface area contributed by atoms with Gasteiger partial charge in [0.15, 0.2) is 0 Å². The number of hydrogen-bond acceptors (Lipinski definition) is 3. The van der Waals surface area contributed by atoms with Crippen molar-refractivity contribution < 1.29 is 9.47 Å². The molecule has 0 aliphatic heterocycles. The number of nitrogens with zero attached hydrogens (tertiary/aromatic N) is 1. The van der Waals surface area contributed by atoms with Crippen molar-refractivity contribution in [3.63, 3.8) is 0 Å². The van der Waals surface area contributed by atoms with Gasteiger partial charge in [0.05, 0.1) is 31.3 Å². The van der Waals surface area contributed by atoms with E-state index in [1.807, 2.05) is 0 Å². The molecule has 3 nitrogen and oxygen atoms in total. The van der Waals surface area contributed by atoms with Crippen LogP contribution in [0.2, 0.25) is 0 Å². The molecule has 2 atom stereocenters. The van der Waals surface area contributed by atoms with Crippen LogP contribution >= 0.6 is 0 Å². The van der Waals surface area contributed by atoms with Gasteiger partial charge in [-0.3, -0.25) is 0 Å². The first kappa shape index (κ1) is 13.5. The van der Waals surface area contributed by atoms with Crippen LogP contribution in [0.15, 0.2) is 0 Å². The van der Waals surface area contributed by atoms with Crippen molar-refractivity contribution in [3.8, 4) is 6.07 Å². The lowest BCUT2D eigenvalue weighted by Crippen LogP contribution is -2.28. The molecule has 0 heterocycles. The number of hydrogen-bond donors (Lipinski definition) is 0. The normalized spacial score (nSPS) is 25.2. The lowest BCUT2D eigenvalue weighted by atomic mass is 9.87. The minimum atomic E-state index is 0.101. The van der Waals surface area contributed by atoms with Crippen LogP contribution in [0.25, 0.3) is 0 Å². The number of unbranched alkanes of at least 4 members (excludes halogenated alkanes) is 1. The molecule has 0 aromatic carbocycles. The standard InChI is InChI=1S/C13H23NO2/c1-2-3-8-15-9-10-16-13-7-5-4-6-12(13)11-14/h12-13H,2-10H2,1H3. The number of rotatable bonds is 7. The minimum absolute atomic E-state index is 0.101. The Labute approximate surface area is 98.7 Å². The predicted octanol–water partition coefficient (Wildman–Crippen LogP) is 2.90. The molecule has 0 N–H and O–H groups in total. The number of ether oxygens (including phenoxy) is 2. The molecule has 0 amide bonds. The monoisotopic (exact) mass is 225 g/mol. The van der Waals surface area contributed by atoms with E-state index in [1.165, 1.54) is 19.3 Å². The van der Waals surface area contributed by atoms with Crippen molar-refractivity contribution in [1.29, 1.82) is 5.26 Å². The van der Waals surface area contributed by atoms with Crippen LogP contribution in [0.5, 0.6) is 0 Å². The Hall–Kier alpha value is -0.590. The van der Waals surface area contributed by atoms with Gasteiger partial charge >= 0.3 is 0 Å². The Morgan fingerprint density at radius 1 is 1.19 bits per heavy atom. The van der Waals surface area contributed by atoms with Crippen molar-refractivity contribution in [2.75, 3.05) is 19.8 Å². The quantitative estimate of drug-likeness (QED) is 0.626. The first-order valence-electron chi connectivity index (χ1n) is 6.47. The molecule has 0 saturated heterocycles. The maximum absolute atomic E-state index is 8.97. The molecule has 0 radical (unpaired) electrons. The van der Waals surface area contributed by atoms with Gasteiger partial charge in [0.2, 0.25) is 0 Å². The molecule has 2 unspecified atom stereocenters. The lowest BCUT2D eigenvalue weighted by molar-refractivity contribution is -0.0257. The first-order chi connectivity index (χ1) is 7.88. The summed E-state index contributed by atoms with van der Waals surface area (Å²) in [4.78, 5) is 0. The highest BCUT2D eigenvalue weighted by Crippen LogP contribution is 2.26. The van der Waals surface area contributed by atoms with E-state index in [-0.39, 0.29) is 12.0 Å². The fraction of sp³-hybridized carbons (Fsp3) is 0.923. The third-order valence-electron chi connectivity index (χ3n) is 3.07. The highest BCUT2D eigenvalue weighted by molar-refractivity contribution is 4.91. The molecule has 0 aromatic rings. The summed E-state index contributed by atoms with van der Waals surface area (Å²) in [5.41, 5.74) is 0. The second-order valence-electron chi connectivity index (χ2n) is 4.40. The van der Waals surface area contributed by atoms with E-state index in [2.05, 4.69) is 13.0 Å². The second kappa shape index (κ2) is 8.55. The van der Waals surface area contributed by atoms with Crippen LogP contribution in [-0.4, -0.2) is 25.9 Å². The summed E-state index contributed by atoms with van der Waals surface area (Å²) >= 11 is 0. The summed E-state index contributed by atoms with van der Waals surface area (Å²) in [6.45, 7) is 4.27. The summed E-state index contributed by atoms with van der Waals surface area (Å²) in [6, 6.07) is 2.35.